The molecule has 2 aromatic rings. The normalized spacial score (nSPS) is 33.0. The van der Waals surface area contributed by atoms with E-state index >= 15 is 0 Å². The first-order chi connectivity index (χ1) is 10.8. The predicted molar refractivity (Wildman–Crippen MR) is 85.4 cm³/mol. The Labute approximate surface area is 131 Å². The van der Waals surface area contributed by atoms with Crippen LogP contribution in [-0.4, -0.2) is 20.8 Å². The van der Waals surface area contributed by atoms with Crippen molar-refractivity contribution in [1.82, 2.24) is 9.55 Å². The maximum Gasteiger partial charge on any atom is 0.0956 e. The van der Waals surface area contributed by atoms with Crippen LogP contribution in [0.2, 0.25) is 0 Å². The second-order valence-corrected chi connectivity index (χ2v) is 7.55. The van der Waals surface area contributed by atoms with Crippen molar-refractivity contribution in [2.45, 2.75) is 50.7 Å². The van der Waals surface area contributed by atoms with E-state index in [-0.39, 0.29) is 17.6 Å². The summed E-state index contributed by atoms with van der Waals surface area (Å²) >= 11 is 0. The van der Waals surface area contributed by atoms with E-state index in [0.29, 0.717) is 0 Å². The van der Waals surface area contributed by atoms with Crippen LogP contribution in [0.1, 0.15) is 50.1 Å². The van der Waals surface area contributed by atoms with E-state index in [1.54, 1.807) is 0 Å². The Balaban J connectivity index is 1.49. The van der Waals surface area contributed by atoms with E-state index < -0.39 is 0 Å². The molecule has 2 fully saturated rings. The van der Waals surface area contributed by atoms with Crippen molar-refractivity contribution < 1.29 is 5.11 Å². The maximum atomic E-state index is 11.0. The molecule has 0 radical (unpaired) electrons. The minimum absolute atomic E-state index is 0.189. The molecule has 114 valence electrons. The number of aliphatic hydroxyl groups excluding tert-OH is 1. The van der Waals surface area contributed by atoms with E-state index in [1.165, 1.54) is 48.9 Å². The third kappa shape index (κ3) is 1.63. The molecule has 1 aliphatic heterocycles. The molecule has 5 rings (SSSR count). The molecular weight excluding hydrogens is 272 g/mol. The average molecular weight is 294 g/mol. The number of nitrogens with zero attached hydrogens (tertiary/aromatic N) is 2. The van der Waals surface area contributed by atoms with Gasteiger partial charge in [-0.1, -0.05) is 24.3 Å². The molecule has 2 aliphatic carbocycles. The lowest BCUT2D eigenvalue weighted by atomic mass is 9.76. The van der Waals surface area contributed by atoms with Gasteiger partial charge in [0.05, 0.1) is 30.4 Å². The maximum absolute atomic E-state index is 11.0. The van der Waals surface area contributed by atoms with Crippen LogP contribution >= 0.6 is 0 Å². The lowest BCUT2D eigenvalue weighted by molar-refractivity contribution is 0.0176. The van der Waals surface area contributed by atoms with Crippen LogP contribution in [0.5, 0.6) is 0 Å². The number of fused-ring (bicyclic) bond motifs is 5. The molecule has 2 heterocycles. The number of hydrogen-bond acceptors (Lipinski definition) is 2. The fourth-order valence-corrected chi connectivity index (χ4v) is 5.34. The van der Waals surface area contributed by atoms with Gasteiger partial charge in [-0.05, 0) is 55.4 Å². The van der Waals surface area contributed by atoms with Gasteiger partial charge in [-0.2, -0.15) is 0 Å². The van der Waals surface area contributed by atoms with Crippen molar-refractivity contribution in [3.63, 3.8) is 0 Å². The number of aliphatic hydroxyl groups is 1. The fourth-order valence-electron chi connectivity index (χ4n) is 5.34. The largest absolute Gasteiger partial charge is 0.392 e. The topological polar surface area (TPSA) is 38.1 Å². The van der Waals surface area contributed by atoms with Gasteiger partial charge in [-0.3, -0.25) is 0 Å². The van der Waals surface area contributed by atoms with Crippen LogP contribution in [-0.2, 0) is 0 Å². The summed E-state index contributed by atoms with van der Waals surface area (Å²) in [6, 6.07) is 8.83. The summed E-state index contributed by atoms with van der Waals surface area (Å²) in [5.41, 5.74) is 4.04. The lowest BCUT2D eigenvalue weighted by Crippen LogP contribution is -2.33. The van der Waals surface area contributed by atoms with Crippen molar-refractivity contribution in [1.29, 1.82) is 0 Å². The van der Waals surface area contributed by atoms with Crippen LogP contribution in [0, 0.1) is 11.3 Å². The Hall–Kier alpha value is -1.61. The van der Waals surface area contributed by atoms with E-state index in [0.717, 1.165) is 12.3 Å². The molecule has 3 nitrogen and oxygen atoms in total. The van der Waals surface area contributed by atoms with Gasteiger partial charge in [0.2, 0.25) is 0 Å². The highest BCUT2D eigenvalue weighted by Gasteiger charge is 2.50. The first-order valence-electron chi connectivity index (χ1n) is 8.56. The number of imidazole rings is 1. The summed E-state index contributed by atoms with van der Waals surface area (Å²) in [5.74, 6) is 0.884. The Morgan fingerprint density at radius 3 is 2.86 bits per heavy atom. The van der Waals surface area contributed by atoms with Gasteiger partial charge in [0.15, 0.2) is 0 Å². The molecule has 2 saturated carbocycles. The van der Waals surface area contributed by atoms with Gasteiger partial charge in [0.25, 0.3) is 0 Å². The molecule has 1 N–H and O–H groups in total. The smallest absolute Gasteiger partial charge is 0.0956 e. The van der Waals surface area contributed by atoms with Crippen molar-refractivity contribution in [3.8, 4) is 11.3 Å². The summed E-state index contributed by atoms with van der Waals surface area (Å²) in [4.78, 5) is 4.32. The summed E-state index contributed by atoms with van der Waals surface area (Å²) in [6.45, 7) is 0. The summed E-state index contributed by atoms with van der Waals surface area (Å²) in [5, 5.41) is 11.0. The molecule has 2 atom stereocenters. The monoisotopic (exact) mass is 294 g/mol. The van der Waals surface area contributed by atoms with Crippen LogP contribution in [0.15, 0.2) is 36.8 Å². The van der Waals surface area contributed by atoms with Gasteiger partial charge in [-0.25, -0.2) is 4.98 Å². The van der Waals surface area contributed by atoms with Crippen LogP contribution in [0.25, 0.3) is 11.3 Å². The van der Waals surface area contributed by atoms with Crippen molar-refractivity contribution in [2.75, 3.05) is 0 Å². The fraction of sp³-hybridized carbons (Fsp3) is 0.526. The molecule has 2 bridgehead atoms. The standard InChI is InChI=1S/C19H22N2O/c22-18(19-7-5-13(10-19)6-8-19)9-16-14-3-1-2-4-15(14)17-11-20-12-21(16)17/h1-4,11-13,16,18,22H,5-10H2. The van der Waals surface area contributed by atoms with Gasteiger partial charge in [0.1, 0.15) is 0 Å². The highest BCUT2D eigenvalue weighted by atomic mass is 16.3. The molecule has 0 saturated heterocycles. The highest BCUT2D eigenvalue weighted by Crippen LogP contribution is 2.57. The third-order valence-electron chi connectivity index (χ3n) is 6.55. The van der Waals surface area contributed by atoms with Gasteiger partial charge in [-0.15, -0.1) is 0 Å². The SMILES string of the molecule is OC(CC1c2ccccc2-c2cncn21)C12CCC(CC1)C2. The number of aromatic nitrogens is 2. The Kier molecular flexibility index (Phi) is 2.61. The first kappa shape index (κ1) is 12.9. The minimum Gasteiger partial charge on any atom is -0.392 e. The van der Waals surface area contributed by atoms with E-state index in [1.807, 2.05) is 12.5 Å². The number of rotatable bonds is 3. The van der Waals surface area contributed by atoms with Crippen LogP contribution in [0.4, 0.5) is 0 Å². The number of hydrogen-bond donors (Lipinski definition) is 1. The molecule has 1 aromatic heterocycles. The van der Waals surface area contributed by atoms with E-state index in [4.69, 9.17) is 0 Å². The quantitative estimate of drug-likeness (QED) is 0.935. The zero-order chi connectivity index (χ0) is 14.7. The Morgan fingerprint density at radius 2 is 2.09 bits per heavy atom. The molecule has 3 aliphatic rings. The molecular formula is C19H22N2O. The molecule has 2 unspecified atom stereocenters. The molecule has 22 heavy (non-hydrogen) atoms. The first-order valence-corrected chi connectivity index (χ1v) is 8.56. The molecule has 0 amide bonds. The van der Waals surface area contributed by atoms with E-state index in [2.05, 4.69) is 33.8 Å². The zero-order valence-electron chi connectivity index (χ0n) is 12.8. The number of benzene rings is 1. The van der Waals surface area contributed by atoms with Gasteiger partial charge in [0, 0.05) is 5.56 Å². The van der Waals surface area contributed by atoms with Crippen LogP contribution in [0.3, 0.4) is 0 Å². The third-order valence-corrected chi connectivity index (χ3v) is 6.55. The Bertz CT molecular complexity index is 712. The van der Waals surface area contributed by atoms with Crippen molar-refractivity contribution >= 4 is 0 Å². The van der Waals surface area contributed by atoms with Crippen molar-refractivity contribution in [3.05, 3.63) is 42.4 Å². The lowest BCUT2D eigenvalue weighted by Gasteiger charge is -2.34. The van der Waals surface area contributed by atoms with Gasteiger partial charge >= 0.3 is 0 Å². The zero-order valence-corrected chi connectivity index (χ0v) is 12.8. The van der Waals surface area contributed by atoms with Gasteiger partial charge < -0.3 is 9.67 Å². The average Bonchev–Trinajstić information content (AvgIpc) is 3.30. The summed E-state index contributed by atoms with van der Waals surface area (Å²) in [7, 11) is 0. The van der Waals surface area contributed by atoms with Crippen LogP contribution < -0.4 is 0 Å². The molecule has 0 spiro atoms. The second kappa shape index (κ2) is 4.45. The second-order valence-electron chi connectivity index (χ2n) is 7.55. The molecule has 1 aromatic carbocycles. The Morgan fingerprint density at radius 1 is 1.27 bits per heavy atom. The highest BCUT2D eigenvalue weighted by molar-refractivity contribution is 5.68. The minimum atomic E-state index is -0.189. The van der Waals surface area contributed by atoms with Crippen molar-refractivity contribution in [2.24, 2.45) is 11.3 Å². The molecule has 3 heteroatoms. The van der Waals surface area contributed by atoms with E-state index in [9.17, 15) is 5.11 Å². The summed E-state index contributed by atoms with van der Waals surface area (Å²) < 4.78 is 2.26. The summed E-state index contributed by atoms with van der Waals surface area (Å²) in [6.07, 6.45) is 10.9. The predicted octanol–water partition coefficient (Wildman–Crippen LogP) is 3.78.